The fourth-order valence-corrected chi connectivity index (χ4v) is 3.67. The Kier molecular flexibility index (Phi) is 7.54. The first-order valence-electron chi connectivity index (χ1n) is 11.1. The fraction of sp³-hybridized carbons (Fsp3) is 0.231. The molecule has 1 aliphatic rings. The van der Waals surface area contributed by atoms with E-state index < -0.39 is 6.03 Å². The van der Waals surface area contributed by atoms with Crippen molar-refractivity contribution in [1.29, 1.82) is 0 Å². The molecule has 0 saturated carbocycles. The van der Waals surface area contributed by atoms with Crippen molar-refractivity contribution in [3.05, 3.63) is 77.3 Å². The van der Waals surface area contributed by atoms with Gasteiger partial charge >= 0.3 is 6.03 Å². The van der Waals surface area contributed by atoms with Gasteiger partial charge < -0.3 is 25.0 Å². The number of unbranched alkanes of at least 4 members (excludes halogenated alkanes) is 1. The van der Waals surface area contributed by atoms with Gasteiger partial charge in [-0.3, -0.25) is 4.79 Å². The molecule has 0 atom stereocenters. The monoisotopic (exact) mass is 479 g/mol. The largest absolute Gasteiger partial charge is 0.494 e. The topological polar surface area (TPSA) is 79.9 Å². The maximum absolute atomic E-state index is 12.5. The van der Waals surface area contributed by atoms with Crippen LogP contribution in [0.2, 0.25) is 5.02 Å². The lowest BCUT2D eigenvalue weighted by Crippen LogP contribution is -2.39. The Balaban J connectivity index is 1.33. The number of fused-ring (bicyclic) bond motifs is 1. The highest BCUT2D eigenvalue weighted by Crippen LogP contribution is 2.35. The van der Waals surface area contributed by atoms with Crippen molar-refractivity contribution in [3.8, 4) is 11.5 Å². The van der Waals surface area contributed by atoms with Gasteiger partial charge in [0.1, 0.15) is 11.5 Å². The number of carbonyl (C=O) groups excluding carboxylic acids is 2. The number of nitrogens with one attached hydrogen (secondary N) is 2. The Morgan fingerprint density at radius 3 is 2.47 bits per heavy atom. The number of hydrogen-bond donors (Lipinski definition) is 2. The molecule has 0 radical (unpaired) electrons. The standard InChI is InChI=1S/C26H26ClN3O4/c1-18-4-11-22(12-5-18)33-15-3-2-14-30-23-16-21(10-13-24(23)34-17-25(30)31)29-26(32)28-20-8-6-19(27)7-9-20/h4-13,16H,2-3,14-15,17H2,1H3,(H2,28,29,32). The van der Waals surface area contributed by atoms with Gasteiger partial charge in [0, 0.05) is 22.9 Å². The minimum absolute atomic E-state index is 0.00328. The quantitative estimate of drug-likeness (QED) is 0.395. The van der Waals surface area contributed by atoms with Gasteiger partial charge in [-0.05, 0) is 74.4 Å². The first-order chi connectivity index (χ1) is 16.5. The summed E-state index contributed by atoms with van der Waals surface area (Å²) in [5, 5.41) is 6.13. The van der Waals surface area contributed by atoms with Crippen LogP contribution < -0.4 is 25.0 Å². The van der Waals surface area contributed by atoms with Crippen LogP contribution in [0.3, 0.4) is 0 Å². The summed E-state index contributed by atoms with van der Waals surface area (Å²) in [4.78, 5) is 26.6. The van der Waals surface area contributed by atoms with E-state index in [4.69, 9.17) is 21.1 Å². The Labute approximate surface area is 203 Å². The first kappa shape index (κ1) is 23.4. The zero-order valence-corrected chi connectivity index (χ0v) is 19.6. The number of hydrogen-bond acceptors (Lipinski definition) is 4. The van der Waals surface area contributed by atoms with E-state index in [1.165, 1.54) is 5.56 Å². The lowest BCUT2D eigenvalue weighted by Gasteiger charge is -2.30. The van der Waals surface area contributed by atoms with Crippen molar-refractivity contribution in [1.82, 2.24) is 0 Å². The number of amides is 3. The van der Waals surface area contributed by atoms with Crippen LogP contribution in [0.25, 0.3) is 0 Å². The minimum atomic E-state index is -0.398. The van der Waals surface area contributed by atoms with E-state index in [0.717, 1.165) is 18.6 Å². The molecule has 34 heavy (non-hydrogen) atoms. The van der Waals surface area contributed by atoms with Gasteiger partial charge in [-0.15, -0.1) is 0 Å². The fourth-order valence-electron chi connectivity index (χ4n) is 3.55. The Morgan fingerprint density at radius 1 is 1.00 bits per heavy atom. The van der Waals surface area contributed by atoms with Crippen LogP contribution in [0.4, 0.5) is 21.9 Å². The van der Waals surface area contributed by atoms with Crippen molar-refractivity contribution < 1.29 is 19.1 Å². The lowest BCUT2D eigenvalue weighted by molar-refractivity contribution is -0.121. The molecule has 1 aliphatic heterocycles. The molecule has 4 rings (SSSR count). The molecular weight excluding hydrogens is 454 g/mol. The van der Waals surface area contributed by atoms with Crippen molar-refractivity contribution in [2.24, 2.45) is 0 Å². The SMILES string of the molecule is Cc1ccc(OCCCCN2C(=O)COc3ccc(NC(=O)Nc4ccc(Cl)cc4)cc32)cc1. The summed E-state index contributed by atoms with van der Waals surface area (Å²) in [6.07, 6.45) is 1.57. The van der Waals surface area contributed by atoms with Crippen LogP contribution in [-0.4, -0.2) is 31.7 Å². The van der Waals surface area contributed by atoms with Gasteiger partial charge in [0.25, 0.3) is 5.91 Å². The second kappa shape index (κ2) is 10.9. The summed E-state index contributed by atoms with van der Waals surface area (Å²) in [7, 11) is 0. The summed E-state index contributed by atoms with van der Waals surface area (Å²) < 4.78 is 11.3. The van der Waals surface area contributed by atoms with Crippen molar-refractivity contribution in [2.75, 3.05) is 35.3 Å². The van der Waals surface area contributed by atoms with E-state index in [-0.39, 0.29) is 12.5 Å². The molecule has 8 heteroatoms. The number of ether oxygens (including phenoxy) is 2. The Hall–Kier alpha value is -3.71. The molecular formula is C26H26ClN3O4. The molecule has 7 nitrogen and oxygen atoms in total. The maximum Gasteiger partial charge on any atom is 0.323 e. The number of benzene rings is 3. The third kappa shape index (κ3) is 6.20. The van der Waals surface area contributed by atoms with Crippen molar-refractivity contribution >= 4 is 40.6 Å². The van der Waals surface area contributed by atoms with E-state index in [1.54, 1.807) is 47.4 Å². The predicted molar refractivity (Wildman–Crippen MR) is 134 cm³/mol. The average molecular weight is 480 g/mol. The third-order valence-corrected chi connectivity index (χ3v) is 5.58. The van der Waals surface area contributed by atoms with Gasteiger partial charge in [0.15, 0.2) is 6.61 Å². The molecule has 0 bridgehead atoms. The van der Waals surface area contributed by atoms with E-state index in [2.05, 4.69) is 10.6 Å². The lowest BCUT2D eigenvalue weighted by atomic mass is 10.2. The van der Waals surface area contributed by atoms with Crippen LogP contribution in [0.1, 0.15) is 18.4 Å². The van der Waals surface area contributed by atoms with Crippen LogP contribution >= 0.6 is 11.6 Å². The third-order valence-electron chi connectivity index (χ3n) is 5.33. The molecule has 0 fully saturated rings. The smallest absolute Gasteiger partial charge is 0.323 e. The number of halogens is 1. The molecule has 0 aromatic heterocycles. The summed E-state index contributed by atoms with van der Waals surface area (Å²) in [6.45, 7) is 3.14. The Morgan fingerprint density at radius 2 is 1.71 bits per heavy atom. The summed E-state index contributed by atoms with van der Waals surface area (Å²) in [5.41, 5.74) is 3.00. The maximum atomic E-state index is 12.5. The average Bonchev–Trinajstić information content (AvgIpc) is 2.83. The van der Waals surface area contributed by atoms with Gasteiger partial charge in [-0.1, -0.05) is 29.3 Å². The molecule has 0 unspecified atom stereocenters. The zero-order valence-electron chi connectivity index (χ0n) is 18.8. The number of nitrogens with zero attached hydrogens (tertiary/aromatic N) is 1. The van der Waals surface area contributed by atoms with Crippen molar-refractivity contribution in [3.63, 3.8) is 0 Å². The second-order valence-corrected chi connectivity index (χ2v) is 8.41. The molecule has 3 amide bonds. The van der Waals surface area contributed by atoms with Crippen LogP contribution in [0.15, 0.2) is 66.7 Å². The number of rotatable bonds is 8. The Bertz CT molecular complexity index is 1150. The number of urea groups is 1. The first-order valence-corrected chi connectivity index (χ1v) is 11.5. The predicted octanol–water partition coefficient (Wildman–Crippen LogP) is 5.88. The summed E-state index contributed by atoms with van der Waals surface area (Å²) in [5.74, 6) is 1.33. The molecule has 3 aromatic rings. The molecule has 0 saturated heterocycles. The highest BCUT2D eigenvalue weighted by atomic mass is 35.5. The van der Waals surface area contributed by atoms with E-state index >= 15 is 0 Å². The van der Waals surface area contributed by atoms with Crippen LogP contribution in [-0.2, 0) is 4.79 Å². The van der Waals surface area contributed by atoms with Gasteiger partial charge in [0.05, 0.1) is 12.3 Å². The van der Waals surface area contributed by atoms with E-state index in [9.17, 15) is 9.59 Å². The summed E-state index contributed by atoms with van der Waals surface area (Å²) >= 11 is 5.88. The number of anilines is 3. The minimum Gasteiger partial charge on any atom is -0.494 e. The van der Waals surface area contributed by atoms with E-state index in [0.29, 0.717) is 41.0 Å². The van der Waals surface area contributed by atoms with Gasteiger partial charge in [-0.25, -0.2) is 4.79 Å². The molecule has 2 N–H and O–H groups in total. The molecule has 3 aromatic carbocycles. The number of aryl methyl sites for hydroxylation is 1. The summed E-state index contributed by atoms with van der Waals surface area (Å²) in [6, 6.07) is 19.6. The van der Waals surface area contributed by atoms with Crippen LogP contribution in [0, 0.1) is 6.92 Å². The highest BCUT2D eigenvalue weighted by Gasteiger charge is 2.25. The van der Waals surface area contributed by atoms with Gasteiger partial charge in [0.2, 0.25) is 0 Å². The van der Waals surface area contributed by atoms with Crippen molar-refractivity contribution in [2.45, 2.75) is 19.8 Å². The molecule has 0 aliphatic carbocycles. The number of carbonyl (C=O) groups is 2. The molecule has 0 spiro atoms. The normalized spacial score (nSPS) is 12.5. The van der Waals surface area contributed by atoms with Gasteiger partial charge in [-0.2, -0.15) is 0 Å². The van der Waals surface area contributed by atoms with Crippen LogP contribution in [0.5, 0.6) is 11.5 Å². The zero-order chi connectivity index (χ0) is 23.9. The molecule has 176 valence electrons. The molecule has 1 heterocycles. The second-order valence-electron chi connectivity index (χ2n) is 7.97. The highest BCUT2D eigenvalue weighted by molar-refractivity contribution is 6.30. The van der Waals surface area contributed by atoms with E-state index in [1.807, 2.05) is 31.2 Å².